The number of hydrogen-bond donors (Lipinski definition) is 2. The van der Waals surface area contributed by atoms with Crippen molar-refractivity contribution in [2.45, 2.75) is 33.2 Å². The van der Waals surface area contributed by atoms with Gasteiger partial charge in [0.25, 0.3) is 0 Å². The molecule has 112 valence electrons. The summed E-state index contributed by atoms with van der Waals surface area (Å²) in [5, 5.41) is 0. The molecule has 0 fully saturated rings. The number of nitrogens with two attached hydrogens (primary N) is 1. The van der Waals surface area contributed by atoms with E-state index < -0.39 is 0 Å². The van der Waals surface area contributed by atoms with Gasteiger partial charge in [-0.15, -0.1) is 0 Å². The zero-order chi connectivity index (χ0) is 15.2. The Morgan fingerprint density at radius 2 is 2.10 bits per heavy atom. The van der Waals surface area contributed by atoms with Crippen LogP contribution in [0.25, 0.3) is 0 Å². The Kier molecular flexibility index (Phi) is 5.11. The molecule has 21 heavy (non-hydrogen) atoms. The molecule has 5 heteroatoms. The zero-order valence-corrected chi connectivity index (χ0v) is 12.9. The molecule has 0 saturated carbocycles. The van der Waals surface area contributed by atoms with Gasteiger partial charge in [0.1, 0.15) is 18.0 Å². The quantitative estimate of drug-likeness (QED) is 0.631. The van der Waals surface area contributed by atoms with Gasteiger partial charge in [-0.3, -0.25) is 0 Å². The van der Waals surface area contributed by atoms with Gasteiger partial charge in [0.05, 0.1) is 0 Å². The molecule has 0 aliphatic carbocycles. The first-order valence-corrected chi connectivity index (χ1v) is 7.22. The van der Waals surface area contributed by atoms with Gasteiger partial charge in [-0.05, 0) is 18.9 Å². The third-order valence-corrected chi connectivity index (χ3v) is 3.42. The molecule has 0 unspecified atom stereocenters. The molecule has 0 radical (unpaired) electrons. The molecule has 5 nitrogen and oxygen atoms in total. The van der Waals surface area contributed by atoms with Crippen molar-refractivity contribution in [1.29, 1.82) is 0 Å². The molecule has 1 heterocycles. The second kappa shape index (κ2) is 7.04. The fourth-order valence-corrected chi connectivity index (χ4v) is 2.50. The Labute approximate surface area is 126 Å². The van der Waals surface area contributed by atoms with E-state index in [1.54, 1.807) is 6.33 Å². The number of nitrogens with zero attached hydrogens (tertiary/aromatic N) is 3. The predicted molar refractivity (Wildman–Crippen MR) is 87.1 cm³/mol. The van der Waals surface area contributed by atoms with E-state index >= 15 is 0 Å². The normalized spacial score (nSPS) is 10.5. The van der Waals surface area contributed by atoms with Gasteiger partial charge in [0, 0.05) is 19.2 Å². The molecule has 0 saturated heterocycles. The number of hydrogen-bond acceptors (Lipinski definition) is 5. The highest BCUT2D eigenvalue weighted by atomic mass is 15.3. The topological polar surface area (TPSA) is 67.1 Å². The van der Waals surface area contributed by atoms with E-state index in [-0.39, 0.29) is 0 Å². The summed E-state index contributed by atoms with van der Waals surface area (Å²) in [7, 11) is 2.05. The summed E-state index contributed by atoms with van der Waals surface area (Å²) in [5.74, 6) is 7.20. The Morgan fingerprint density at radius 1 is 1.29 bits per heavy atom. The van der Waals surface area contributed by atoms with Crippen molar-refractivity contribution in [2.24, 2.45) is 5.84 Å². The third kappa shape index (κ3) is 3.70. The average Bonchev–Trinajstić information content (AvgIpc) is 2.47. The number of benzene rings is 1. The largest absolute Gasteiger partial charge is 0.355 e. The number of anilines is 2. The third-order valence-electron chi connectivity index (χ3n) is 3.42. The molecule has 1 aromatic heterocycles. The lowest BCUT2D eigenvalue weighted by Crippen LogP contribution is -2.21. The highest BCUT2D eigenvalue weighted by molar-refractivity contribution is 5.58. The monoisotopic (exact) mass is 285 g/mol. The number of nitrogens with one attached hydrogen (secondary N) is 1. The molecule has 2 aromatic rings. The Balaban J connectivity index is 2.28. The van der Waals surface area contributed by atoms with Crippen LogP contribution in [0, 0.1) is 6.92 Å². The average molecular weight is 285 g/mol. The van der Waals surface area contributed by atoms with E-state index in [1.165, 1.54) is 11.1 Å². The molecule has 1 aromatic carbocycles. The van der Waals surface area contributed by atoms with Gasteiger partial charge in [-0.2, -0.15) is 0 Å². The van der Waals surface area contributed by atoms with E-state index in [0.29, 0.717) is 5.82 Å². The maximum absolute atomic E-state index is 5.56. The number of rotatable bonds is 6. The van der Waals surface area contributed by atoms with Crippen LogP contribution in [-0.2, 0) is 13.0 Å². The van der Waals surface area contributed by atoms with Gasteiger partial charge in [0.15, 0.2) is 0 Å². The molecule has 0 spiro atoms. The Bertz CT molecular complexity index is 597. The standard InChI is InChI=1S/C16H23N5/c1-4-6-14-15(20-17)18-11-19-16(14)21(3)10-13-8-5-7-12(2)9-13/h5,7-9,11H,4,6,10,17H2,1-3H3,(H,18,19,20). The molecule has 2 rings (SSSR count). The lowest BCUT2D eigenvalue weighted by molar-refractivity contribution is 0.842. The fourth-order valence-electron chi connectivity index (χ4n) is 2.50. The molecule has 0 bridgehead atoms. The van der Waals surface area contributed by atoms with E-state index in [2.05, 4.69) is 58.4 Å². The maximum Gasteiger partial charge on any atom is 0.148 e. The highest BCUT2D eigenvalue weighted by Crippen LogP contribution is 2.24. The van der Waals surface area contributed by atoms with Crippen molar-refractivity contribution in [3.63, 3.8) is 0 Å². The van der Waals surface area contributed by atoms with Gasteiger partial charge in [-0.1, -0.05) is 43.2 Å². The van der Waals surface area contributed by atoms with Crippen molar-refractivity contribution < 1.29 is 0 Å². The van der Waals surface area contributed by atoms with Gasteiger partial charge in [-0.25, -0.2) is 15.8 Å². The van der Waals surface area contributed by atoms with E-state index in [4.69, 9.17) is 5.84 Å². The van der Waals surface area contributed by atoms with Crippen LogP contribution in [0.1, 0.15) is 30.0 Å². The van der Waals surface area contributed by atoms with Crippen molar-refractivity contribution in [3.8, 4) is 0 Å². The smallest absolute Gasteiger partial charge is 0.148 e. The first-order chi connectivity index (χ1) is 10.2. The minimum atomic E-state index is 0.706. The summed E-state index contributed by atoms with van der Waals surface area (Å²) in [5.41, 5.74) is 6.27. The van der Waals surface area contributed by atoms with Gasteiger partial charge < -0.3 is 10.3 Å². The summed E-state index contributed by atoms with van der Waals surface area (Å²) in [4.78, 5) is 10.8. The van der Waals surface area contributed by atoms with Crippen molar-refractivity contribution in [1.82, 2.24) is 9.97 Å². The summed E-state index contributed by atoms with van der Waals surface area (Å²) in [6.45, 7) is 5.05. The SMILES string of the molecule is CCCc1c(NN)ncnc1N(C)Cc1cccc(C)c1. The maximum atomic E-state index is 5.56. The number of aromatic nitrogens is 2. The number of nitrogen functional groups attached to an aromatic ring is 1. The Morgan fingerprint density at radius 3 is 2.76 bits per heavy atom. The summed E-state index contributed by atoms with van der Waals surface area (Å²) in [6, 6.07) is 8.51. The van der Waals surface area contributed by atoms with E-state index in [1.807, 2.05) is 7.05 Å². The van der Waals surface area contributed by atoms with Gasteiger partial charge in [0.2, 0.25) is 0 Å². The van der Waals surface area contributed by atoms with Crippen LogP contribution in [0.4, 0.5) is 11.6 Å². The first-order valence-electron chi connectivity index (χ1n) is 7.22. The molecule has 0 aliphatic rings. The predicted octanol–water partition coefficient (Wildman–Crippen LogP) is 2.66. The minimum absolute atomic E-state index is 0.706. The van der Waals surface area contributed by atoms with Crippen LogP contribution in [-0.4, -0.2) is 17.0 Å². The number of hydrazine groups is 1. The fraction of sp³-hybridized carbons (Fsp3) is 0.375. The van der Waals surface area contributed by atoms with Gasteiger partial charge >= 0.3 is 0 Å². The van der Waals surface area contributed by atoms with Crippen LogP contribution in [0.3, 0.4) is 0 Å². The van der Waals surface area contributed by atoms with Crippen LogP contribution < -0.4 is 16.2 Å². The van der Waals surface area contributed by atoms with Crippen molar-refractivity contribution >= 4 is 11.6 Å². The zero-order valence-electron chi connectivity index (χ0n) is 12.9. The first kappa shape index (κ1) is 15.3. The molecule has 3 N–H and O–H groups in total. The summed E-state index contributed by atoms with van der Waals surface area (Å²) in [6.07, 6.45) is 3.47. The summed E-state index contributed by atoms with van der Waals surface area (Å²) < 4.78 is 0. The Hall–Kier alpha value is -2.14. The minimum Gasteiger partial charge on any atom is -0.355 e. The molecule has 0 amide bonds. The second-order valence-corrected chi connectivity index (χ2v) is 5.26. The van der Waals surface area contributed by atoms with E-state index in [9.17, 15) is 0 Å². The van der Waals surface area contributed by atoms with Crippen LogP contribution in [0.2, 0.25) is 0 Å². The molecular weight excluding hydrogens is 262 g/mol. The molecule has 0 atom stereocenters. The van der Waals surface area contributed by atoms with Crippen LogP contribution in [0.15, 0.2) is 30.6 Å². The second-order valence-electron chi connectivity index (χ2n) is 5.26. The summed E-state index contributed by atoms with van der Waals surface area (Å²) >= 11 is 0. The van der Waals surface area contributed by atoms with Crippen LogP contribution in [0.5, 0.6) is 0 Å². The van der Waals surface area contributed by atoms with E-state index in [0.717, 1.165) is 30.8 Å². The number of aryl methyl sites for hydroxylation is 1. The lowest BCUT2D eigenvalue weighted by Gasteiger charge is -2.22. The molecular formula is C16H23N5. The molecule has 0 aliphatic heterocycles. The lowest BCUT2D eigenvalue weighted by atomic mass is 10.1. The van der Waals surface area contributed by atoms with Crippen LogP contribution >= 0.6 is 0 Å². The highest BCUT2D eigenvalue weighted by Gasteiger charge is 2.14. The van der Waals surface area contributed by atoms with Crippen molar-refractivity contribution in [3.05, 3.63) is 47.3 Å². The van der Waals surface area contributed by atoms with Crippen molar-refractivity contribution in [2.75, 3.05) is 17.4 Å².